The molecule has 0 amide bonds. The lowest BCUT2D eigenvalue weighted by Crippen LogP contribution is -2.38. The van der Waals surface area contributed by atoms with Crippen molar-refractivity contribution in [3.05, 3.63) is 33.8 Å². The van der Waals surface area contributed by atoms with Crippen LogP contribution in [0.15, 0.2) is 22.7 Å². The zero-order valence-electron chi connectivity index (χ0n) is 11.7. The van der Waals surface area contributed by atoms with Gasteiger partial charge in [0, 0.05) is 10.0 Å². The van der Waals surface area contributed by atoms with Gasteiger partial charge in [-0.15, -0.1) is 0 Å². The van der Waals surface area contributed by atoms with Crippen molar-refractivity contribution < 1.29 is 0 Å². The minimum absolute atomic E-state index is 0.0983. The second-order valence-electron chi connectivity index (χ2n) is 6.66. The van der Waals surface area contributed by atoms with Gasteiger partial charge in [0.2, 0.25) is 0 Å². The molecule has 1 aromatic carbocycles. The molecule has 100 valence electrons. The number of hydrogen-bond donors (Lipinski definition) is 1. The third-order valence-electron chi connectivity index (χ3n) is 4.10. The van der Waals surface area contributed by atoms with E-state index in [1.807, 2.05) is 0 Å². The van der Waals surface area contributed by atoms with E-state index in [9.17, 15) is 0 Å². The van der Waals surface area contributed by atoms with Crippen LogP contribution in [0.2, 0.25) is 0 Å². The van der Waals surface area contributed by atoms with Gasteiger partial charge in [-0.05, 0) is 35.4 Å². The van der Waals surface area contributed by atoms with E-state index in [1.165, 1.54) is 34.9 Å². The van der Waals surface area contributed by atoms with Crippen molar-refractivity contribution in [2.75, 3.05) is 0 Å². The van der Waals surface area contributed by atoms with Crippen LogP contribution in [0.25, 0.3) is 0 Å². The topological polar surface area (TPSA) is 26.0 Å². The van der Waals surface area contributed by atoms with Gasteiger partial charge in [-0.25, -0.2) is 0 Å². The SMILES string of the molecule is CC(C)(C)c1cc(C2(N)CCCCC2)ccc1Br. The number of benzene rings is 1. The summed E-state index contributed by atoms with van der Waals surface area (Å²) in [6.07, 6.45) is 6.10. The number of nitrogens with two attached hydrogens (primary N) is 1. The van der Waals surface area contributed by atoms with E-state index in [0.717, 1.165) is 12.8 Å². The number of hydrogen-bond acceptors (Lipinski definition) is 1. The van der Waals surface area contributed by atoms with Gasteiger partial charge in [0.05, 0.1) is 0 Å². The minimum atomic E-state index is -0.0983. The third-order valence-corrected chi connectivity index (χ3v) is 4.79. The highest BCUT2D eigenvalue weighted by molar-refractivity contribution is 9.10. The summed E-state index contributed by atoms with van der Waals surface area (Å²) >= 11 is 3.67. The van der Waals surface area contributed by atoms with Crippen molar-refractivity contribution in [1.29, 1.82) is 0 Å². The molecule has 0 spiro atoms. The first-order chi connectivity index (χ1) is 8.33. The van der Waals surface area contributed by atoms with Crippen molar-refractivity contribution in [3.8, 4) is 0 Å². The molecule has 0 unspecified atom stereocenters. The Morgan fingerprint density at radius 2 is 1.72 bits per heavy atom. The smallest absolute Gasteiger partial charge is 0.0409 e. The summed E-state index contributed by atoms with van der Waals surface area (Å²) in [6.45, 7) is 6.75. The highest BCUT2D eigenvalue weighted by Crippen LogP contribution is 2.38. The monoisotopic (exact) mass is 309 g/mol. The molecule has 0 bridgehead atoms. The van der Waals surface area contributed by atoms with Crippen LogP contribution in [0, 0.1) is 0 Å². The fourth-order valence-electron chi connectivity index (χ4n) is 2.88. The Balaban J connectivity index is 2.40. The van der Waals surface area contributed by atoms with E-state index >= 15 is 0 Å². The molecular weight excluding hydrogens is 286 g/mol. The molecule has 2 rings (SSSR count). The van der Waals surface area contributed by atoms with Crippen LogP contribution in [0.1, 0.15) is 64.0 Å². The maximum Gasteiger partial charge on any atom is 0.0409 e. The Kier molecular flexibility index (Phi) is 3.89. The average molecular weight is 310 g/mol. The predicted molar refractivity (Wildman–Crippen MR) is 81.8 cm³/mol. The van der Waals surface area contributed by atoms with Crippen molar-refractivity contribution in [2.45, 2.75) is 63.8 Å². The fourth-order valence-corrected chi connectivity index (χ4v) is 3.72. The first kappa shape index (κ1) is 14.1. The van der Waals surface area contributed by atoms with Gasteiger partial charge in [0.1, 0.15) is 0 Å². The largest absolute Gasteiger partial charge is 0.321 e. The Bertz CT molecular complexity index is 425. The summed E-state index contributed by atoms with van der Waals surface area (Å²) in [7, 11) is 0. The molecule has 0 radical (unpaired) electrons. The quantitative estimate of drug-likeness (QED) is 0.787. The zero-order valence-corrected chi connectivity index (χ0v) is 13.3. The molecule has 1 fully saturated rings. The molecule has 1 saturated carbocycles. The molecule has 0 aromatic heterocycles. The van der Waals surface area contributed by atoms with Gasteiger partial charge < -0.3 is 5.73 Å². The summed E-state index contributed by atoms with van der Waals surface area (Å²) < 4.78 is 1.19. The van der Waals surface area contributed by atoms with Gasteiger partial charge in [-0.2, -0.15) is 0 Å². The van der Waals surface area contributed by atoms with Gasteiger partial charge in [-0.1, -0.05) is 68.1 Å². The standard InChI is InChI=1S/C16H24BrN/c1-15(2,3)13-11-12(7-8-14(13)17)16(18)9-5-4-6-10-16/h7-8,11H,4-6,9-10,18H2,1-3H3. The summed E-state index contributed by atoms with van der Waals surface area (Å²) in [5.74, 6) is 0. The van der Waals surface area contributed by atoms with Gasteiger partial charge in [0.15, 0.2) is 0 Å². The van der Waals surface area contributed by atoms with E-state index in [4.69, 9.17) is 5.73 Å². The lowest BCUT2D eigenvalue weighted by molar-refractivity contribution is 0.302. The molecule has 1 aliphatic rings. The van der Waals surface area contributed by atoms with Crippen LogP contribution in [0.4, 0.5) is 0 Å². The van der Waals surface area contributed by atoms with Crippen LogP contribution in [-0.4, -0.2) is 0 Å². The summed E-state index contributed by atoms with van der Waals surface area (Å²) in [5, 5.41) is 0. The highest BCUT2D eigenvalue weighted by atomic mass is 79.9. The summed E-state index contributed by atoms with van der Waals surface area (Å²) in [5.41, 5.74) is 9.35. The lowest BCUT2D eigenvalue weighted by atomic mass is 9.75. The summed E-state index contributed by atoms with van der Waals surface area (Å²) in [4.78, 5) is 0. The van der Waals surface area contributed by atoms with Crippen molar-refractivity contribution in [2.24, 2.45) is 5.73 Å². The van der Waals surface area contributed by atoms with Gasteiger partial charge in [0.25, 0.3) is 0 Å². The average Bonchev–Trinajstić information content (AvgIpc) is 2.28. The number of rotatable bonds is 1. The molecule has 2 heteroatoms. The Morgan fingerprint density at radius 1 is 1.11 bits per heavy atom. The van der Waals surface area contributed by atoms with Crippen molar-refractivity contribution in [3.63, 3.8) is 0 Å². The van der Waals surface area contributed by atoms with Crippen molar-refractivity contribution >= 4 is 15.9 Å². The summed E-state index contributed by atoms with van der Waals surface area (Å²) in [6, 6.07) is 6.68. The second kappa shape index (κ2) is 4.97. The number of halogens is 1. The first-order valence-corrected chi connectivity index (χ1v) is 7.72. The molecule has 1 aromatic rings. The molecule has 0 atom stereocenters. The molecule has 0 heterocycles. The van der Waals surface area contributed by atoms with E-state index in [2.05, 4.69) is 54.9 Å². The van der Waals surface area contributed by atoms with E-state index < -0.39 is 0 Å². The van der Waals surface area contributed by atoms with Crippen LogP contribution >= 0.6 is 15.9 Å². The second-order valence-corrected chi connectivity index (χ2v) is 7.52. The first-order valence-electron chi connectivity index (χ1n) is 6.92. The Morgan fingerprint density at radius 3 is 2.28 bits per heavy atom. The molecule has 18 heavy (non-hydrogen) atoms. The Hall–Kier alpha value is -0.340. The molecule has 1 nitrogen and oxygen atoms in total. The van der Waals surface area contributed by atoms with Crippen LogP contribution in [0.3, 0.4) is 0 Å². The van der Waals surface area contributed by atoms with Crippen molar-refractivity contribution in [1.82, 2.24) is 0 Å². The molecule has 2 N–H and O–H groups in total. The van der Waals surface area contributed by atoms with Crippen LogP contribution < -0.4 is 5.73 Å². The highest BCUT2D eigenvalue weighted by Gasteiger charge is 2.30. The minimum Gasteiger partial charge on any atom is -0.321 e. The molecule has 0 saturated heterocycles. The normalized spacial score (nSPS) is 19.8. The molecule has 0 aliphatic heterocycles. The maximum absolute atomic E-state index is 6.63. The van der Waals surface area contributed by atoms with E-state index in [1.54, 1.807) is 0 Å². The van der Waals surface area contributed by atoms with Gasteiger partial charge in [-0.3, -0.25) is 0 Å². The van der Waals surface area contributed by atoms with E-state index in [-0.39, 0.29) is 11.0 Å². The predicted octanol–water partition coefficient (Wildman–Crippen LogP) is 4.86. The lowest BCUT2D eigenvalue weighted by Gasteiger charge is -2.35. The third kappa shape index (κ3) is 2.80. The van der Waals surface area contributed by atoms with E-state index in [0.29, 0.717) is 0 Å². The van der Waals surface area contributed by atoms with Gasteiger partial charge >= 0.3 is 0 Å². The Labute approximate surface area is 119 Å². The molecular formula is C16H24BrN. The maximum atomic E-state index is 6.63. The molecule has 1 aliphatic carbocycles. The van der Waals surface area contributed by atoms with Crippen LogP contribution in [-0.2, 0) is 11.0 Å². The fraction of sp³-hybridized carbons (Fsp3) is 0.625. The zero-order chi connectivity index (χ0) is 13.4. The van der Waals surface area contributed by atoms with Crippen LogP contribution in [0.5, 0.6) is 0 Å².